The van der Waals surface area contributed by atoms with E-state index in [0.29, 0.717) is 25.3 Å². The van der Waals surface area contributed by atoms with E-state index in [0.717, 1.165) is 17.7 Å². The molecule has 0 bridgehead atoms. The summed E-state index contributed by atoms with van der Waals surface area (Å²) in [6.07, 6.45) is 3.40. The lowest BCUT2D eigenvalue weighted by Gasteiger charge is -2.06. The topological polar surface area (TPSA) is 93.5 Å². The molecule has 1 heterocycles. The lowest BCUT2D eigenvalue weighted by atomic mass is 10.1. The molecule has 2 N–H and O–H groups in total. The Bertz CT molecular complexity index is 679. The number of carbonyl (C=O) groups is 2. The molecular weight excluding hydrogens is 310 g/mol. The van der Waals surface area contributed by atoms with Crippen molar-refractivity contribution in [3.63, 3.8) is 0 Å². The van der Waals surface area contributed by atoms with Crippen LogP contribution in [0.2, 0.25) is 0 Å². The molecule has 128 valence electrons. The van der Waals surface area contributed by atoms with Crippen molar-refractivity contribution in [2.24, 2.45) is 0 Å². The van der Waals surface area contributed by atoms with Crippen LogP contribution in [0.1, 0.15) is 25.3 Å². The summed E-state index contributed by atoms with van der Waals surface area (Å²) in [7, 11) is 0. The van der Waals surface area contributed by atoms with Gasteiger partial charge in [0.05, 0.1) is 6.61 Å². The fraction of sp³-hybridized carbons (Fsp3) is 0.353. The highest BCUT2D eigenvalue weighted by Crippen LogP contribution is 2.14. The first-order chi connectivity index (χ1) is 11.6. The van der Waals surface area contributed by atoms with Gasteiger partial charge in [-0.1, -0.05) is 19.1 Å². The number of nitrogens with one attached hydrogen (secondary N) is 1. The SMILES string of the molecule is CCCOc1ccc(CCC(=O)Nc2ccn(CC(=O)O)n2)cc1. The molecule has 1 aromatic heterocycles. The summed E-state index contributed by atoms with van der Waals surface area (Å²) in [5.74, 6) is 0.0304. The van der Waals surface area contributed by atoms with Crippen molar-refractivity contribution in [2.45, 2.75) is 32.7 Å². The van der Waals surface area contributed by atoms with Gasteiger partial charge in [-0.3, -0.25) is 14.3 Å². The summed E-state index contributed by atoms with van der Waals surface area (Å²) in [6, 6.07) is 9.26. The third-order valence-corrected chi connectivity index (χ3v) is 3.24. The van der Waals surface area contributed by atoms with Gasteiger partial charge in [-0.15, -0.1) is 0 Å². The third-order valence-electron chi connectivity index (χ3n) is 3.24. The number of anilines is 1. The number of hydrogen-bond acceptors (Lipinski definition) is 4. The molecule has 0 radical (unpaired) electrons. The van der Waals surface area contributed by atoms with E-state index in [1.807, 2.05) is 24.3 Å². The van der Waals surface area contributed by atoms with E-state index < -0.39 is 5.97 Å². The zero-order valence-electron chi connectivity index (χ0n) is 13.6. The number of carbonyl (C=O) groups excluding carboxylic acids is 1. The summed E-state index contributed by atoms with van der Waals surface area (Å²) < 4.78 is 6.77. The van der Waals surface area contributed by atoms with E-state index >= 15 is 0 Å². The molecule has 0 atom stereocenters. The highest BCUT2D eigenvalue weighted by atomic mass is 16.5. The number of carboxylic acid groups (broad SMARTS) is 1. The predicted molar refractivity (Wildman–Crippen MR) is 89.0 cm³/mol. The third kappa shape index (κ3) is 5.75. The van der Waals surface area contributed by atoms with Crippen LogP contribution in [-0.4, -0.2) is 33.4 Å². The smallest absolute Gasteiger partial charge is 0.325 e. The molecule has 2 aromatic rings. The normalized spacial score (nSPS) is 10.4. The van der Waals surface area contributed by atoms with Crippen LogP contribution in [-0.2, 0) is 22.6 Å². The number of aryl methyl sites for hydroxylation is 1. The van der Waals surface area contributed by atoms with Crippen LogP contribution >= 0.6 is 0 Å². The molecule has 7 heteroatoms. The molecule has 0 aliphatic rings. The van der Waals surface area contributed by atoms with Gasteiger partial charge in [-0.25, -0.2) is 0 Å². The second-order valence-corrected chi connectivity index (χ2v) is 5.33. The first-order valence-corrected chi connectivity index (χ1v) is 7.83. The van der Waals surface area contributed by atoms with Crippen LogP contribution in [0.25, 0.3) is 0 Å². The summed E-state index contributed by atoms with van der Waals surface area (Å²) >= 11 is 0. The first-order valence-electron chi connectivity index (χ1n) is 7.83. The lowest BCUT2D eigenvalue weighted by molar-refractivity contribution is -0.137. The molecule has 0 aliphatic carbocycles. The number of carboxylic acids is 1. The average molecular weight is 331 g/mol. The number of amides is 1. The van der Waals surface area contributed by atoms with Crippen molar-refractivity contribution in [2.75, 3.05) is 11.9 Å². The van der Waals surface area contributed by atoms with Crippen LogP contribution in [0.3, 0.4) is 0 Å². The molecule has 7 nitrogen and oxygen atoms in total. The largest absolute Gasteiger partial charge is 0.494 e. The Kier molecular flexibility index (Phi) is 6.36. The van der Waals surface area contributed by atoms with Gasteiger partial charge in [0.2, 0.25) is 5.91 Å². The molecule has 0 spiro atoms. The number of hydrogen-bond donors (Lipinski definition) is 2. The summed E-state index contributed by atoms with van der Waals surface area (Å²) in [6.45, 7) is 2.51. The second kappa shape index (κ2) is 8.71. The van der Waals surface area contributed by atoms with Crippen molar-refractivity contribution < 1.29 is 19.4 Å². The minimum absolute atomic E-state index is 0.165. The molecule has 0 fully saturated rings. The Morgan fingerprint density at radius 3 is 2.67 bits per heavy atom. The van der Waals surface area contributed by atoms with E-state index in [-0.39, 0.29) is 12.5 Å². The zero-order valence-corrected chi connectivity index (χ0v) is 13.6. The molecule has 0 unspecified atom stereocenters. The van der Waals surface area contributed by atoms with Crippen molar-refractivity contribution in [1.82, 2.24) is 9.78 Å². The minimum Gasteiger partial charge on any atom is -0.494 e. The van der Waals surface area contributed by atoms with E-state index in [1.54, 1.807) is 6.07 Å². The van der Waals surface area contributed by atoms with E-state index in [9.17, 15) is 9.59 Å². The number of benzene rings is 1. The maximum Gasteiger partial charge on any atom is 0.325 e. The summed E-state index contributed by atoms with van der Waals surface area (Å²) in [5, 5.41) is 15.3. The molecule has 24 heavy (non-hydrogen) atoms. The Morgan fingerprint density at radius 2 is 2.00 bits per heavy atom. The Balaban J connectivity index is 1.78. The zero-order chi connectivity index (χ0) is 17.4. The molecule has 1 aromatic carbocycles. The van der Waals surface area contributed by atoms with E-state index in [1.165, 1.54) is 10.9 Å². The van der Waals surface area contributed by atoms with Gasteiger partial charge in [0.25, 0.3) is 0 Å². The standard InChI is InChI=1S/C17H21N3O4/c1-2-11-24-14-6-3-13(4-7-14)5-8-16(21)18-15-9-10-20(19-15)12-17(22)23/h3-4,6-7,9-10H,2,5,8,11-12H2,1H3,(H,22,23)(H,18,19,21). The second-order valence-electron chi connectivity index (χ2n) is 5.33. The molecule has 0 aliphatic heterocycles. The fourth-order valence-electron chi connectivity index (χ4n) is 2.09. The number of nitrogens with zero attached hydrogens (tertiary/aromatic N) is 2. The predicted octanol–water partition coefficient (Wildman–Crippen LogP) is 2.33. The quantitative estimate of drug-likeness (QED) is 0.735. The van der Waals surface area contributed by atoms with Crippen molar-refractivity contribution in [3.05, 3.63) is 42.1 Å². The van der Waals surface area contributed by atoms with Crippen LogP contribution in [0.15, 0.2) is 36.5 Å². The van der Waals surface area contributed by atoms with Crippen molar-refractivity contribution in [3.8, 4) is 5.75 Å². The van der Waals surface area contributed by atoms with Gasteiger partial charge < -0.3 is 15.2 Å². The van der Waals surface area contributed by atoms with Gasteiger partial charge in [0, 0.05) is 18.7 Å². The molecule has 2 rings (SSSR count). The highest BCUT2D eigenvalue weighted by molar-refractivity contribution is 5.89. The van der Waals surface area contributed by atoms with Gasteiger partial charge in [0.15, 0.2) is 5.82 Å². The Labute approximate surface area is 140 Å². The fourth-order valence-corrected chi connectivity index (χ4v) is 2.09. The summed E-state index contributed by atoms with van der Waals surface area (Å²) in [5.41, 5.74) is 1.05. The van der Waals surface area contributed by atoms with Crippen molar-refractivity contribution in [1.29, 1.82) is 0 Å². The Hall–Kier alpha value is -2.83. The first kappa shape index (κ1) is 17.5. The number of aromatic nitrogens is 2. The van der Waals surface area contributed by atoms with Crippen LogP contribution in [0, 0.1) is 0 Å². The van der Waals surface area contributed by atoms with Crippen LogP contribution in [0.4, 0.5) is 5.82 Å². The highest BCUT2D eigenvalue weighted by Gasteiger charge is 2.07. The monoisotopic (exact) mass is 331 g/mol. The van der Waals surface area contributed by atoms with E-state index in [2.05, 4.69) is 17.3 Å². The van der Waals surface area contributed by atoms with Crippen LogP contribution in [0.5, 0.6) is 5.75 Å². The number of ether oxygens (including phenoxy) is 1. The molecule has 0 saturated heterocycles. The maximum atomic E-state index is 11.9. The van der Waals surface area contributed by atoms with Crippen molar-refractivity contribution >= 4 is 17.7 Å². The van der Waals surface area contributed by atoms with Crippen LogP contribution < -0.4 is 10.1 Å². The molecule has 0 saturated carbocycles. The molecular formula is C17H21N3O4. The minimum atomic E-state index is -0.984. The van der Waals surface area contributed by atoms with Gasteiger partial charge in [-0.2, -0.15) is 5.10 Å². The van der Waals surface area contributed by atoms with E-state index in [4.69, 9.17) is 9.84 Å². The number of rotatable bonds is 9. The average Bonchev–Trinajstić information content (AvgIpc) is 2.98. The summed E-state index contributed by atoms with van der Waals surface area (Å²) in [4.78, 5) is 22.5. The van der Waals surface area contributed by atoms with Gasteiger partial charge in [-0.05, 0) is 30.5 Å². The molecule has 1 amide bonds. The van der Waals surface area contributed by atoms with Gasteiger partial charge >= 0.3 is 5.97 Å². The Morgan fingerprint density at radius 1 is 1.25 bits per heavy atom. The lowest BCUT2D eigenvalue weighted by Crippen LogP contribution is -2.14. The van der Waals surface area contributed by atoms with Gasteiger partial charge in [0.1, 0.15) is 12.3 Å². The number of aliphatic carboxylic acids is 1. The maximum absolute atomic E-state index is 11.9.